The van der Waals surface area contributed by atoms with E-state index in [1.807, 2.05) is 43.3 Å². The van der Waals surface area contributed by atoms with E-state index in [2.05, 4.69) is 15.6 Å². The first-order valence-electron chi connectivity index (χ1n) is 5.89. The Labute approximate surface area is 121 Å². The minimum atomic E-state index is -1.21. The van der Waals surface area contributed by atoms with E-state index in [0.717, 1.165) is 11.3 Å². The number of rotatable bonds is 2. The van der Waals surface area contributed by atoms with Crippen molar-refractivity contribution in [2.45, 2.75) is 6.92 Å². The monoisotopic (exact) mass is 287 g/mol. The van der Waals surface area contributed by atoms with Crippen LogP contribution < -0.4 is 10.6 Å². The first-order valence-corrected chi connectivity index (χ1v) is 6.30. The number of hydrogen-bond acceptors (Lipinski definition) is 3. The predicted molar refractivity (Wildman–Crippen MR) is 81.8 cm³/mol. The minimum Gasteiger partial charge on any atom is -0.465 e. The summed E-state index contributed by atoms with van der Waals surface area (Å²) < 4.78 is 0. The second-order valence-corrected chi connectivity index (χ2v) is 4.57. The largest absolute Gasteiger partial charge is 0.465 e. The molecular weight excluding hydrogens is 274 g/mol. The average Bonchev–Trinajstić information content (AvgIpc) is 2.38. The number of anilines is 1. The molecule has 0 atom stereocenters. The highest BCUT2D eigenvalue weighted by Gasteiger charge is 2.04. The molecule has 1 aromatic carbocycles. The summed E-state index contributed by atoms with van der Waals surface area (Å²) in [6, 6.07) is 13.4. The third-order valence-electron chi connectivity index (χ3n) is 2.56. The van der Waals surface area contributed by atoms with Crippen LogP contribution >= 0.6 is 12.2 Å². The van der Waals surface area contributed by atoms with Crippen molar-refractivity contribution in [1.29, 1.82) is 0 Å². The molecule has 0 aliphatic carbocycles. The molecule has 0 radical (unpaired) electrons. The molecule has 2 rings (SSSR count). The number of aromatic nitrogens is 1. The summed E-state index contributed by atoms with van der Waals surface area (Å²) in [7, 11) is 0. The zero-order valence-corrected chi connectivity index (χ0v) is 11.6. The van der Waals surface area contributed by atoms with Crippen molar-refractivity contribution in [2.24, 2.45) is 0 Å². The van der Waals surface area contributed by atoms with E-state index in [-0.39, 0.29) is 5.11 Å². The van der Waals surface area contributed by atoms with Crippen molar-refractivity contribution < 1.29 is 9.90 Å². The van der Waals surface area contributed by atoms with Crippen LogP contribution in [0.25, 0.3) is 11.3 Å². The molecule has 1 heterocycles. The maximum atomic E-state index is 10.5. The van der Waals surface area contributed by atoms with Crippen molar-refractivity contribution >= 4 is 29.2 Å². The Bertz CT molecular complexity index is 641. The molecule has 102 valence electrons. The van der Waals surface area contributed by atoms with Gasteiger partial charge in [0.1, 0.15) is 5.82 Å². The number of thiocarbonyl (C=S) groups is 1. The van der Waals surface area contributed by atoms with Gasteiger partial charge in [0.15, 0.2) is 5.11 Å². The predicted octanol–water partition coefficient (Wildman–Crippen LogP) is 3.02. The standard InChI is InChI=1S/C14H13N3O2S/c1-9-5-7-10(8-6-9)11-3-2-4-12(15-11)16-13(20)17-14(18)19/h2-8H,1H3,(H,18,19)(H2,15,16,17,20). The molecule has 2 aromatic rings. The lowest BCUT2D eigenvalue weighted by atomic mass is 10.1. The van der Waals surface area contributed by atoms with Gasteiger partial charge >= 0.3 is 6.09 Å². The van der Waals surface area contributed by atoms with Gasteiger partial charge in [-0.15, -0.1) is 0 Å². The summed E-state index contributed by atoms with van der Waals surface area (Å²) >= 11 is 4.85. The van der Waals surface area contributed by atoms with Gasteiger partial charge in [-0.05, 0) is 31.3 Å². The molecule has 1 aromatic heterocycles. The molecule has 0 saturated carbocycles. The van der Waals surface area contributed by atoms with E-state index < -0.39 is 6.09 Å². The molecule has 0 aliphatic rings. The Morgan fingerprint density at radius 2 is 1.90 bits per heavy atom. The first-order chi connectivity index (χ1) is 9.54. The van der Waals surface area contributed by atoms with Crippen molar-refractivity contribution in [1.82, 2.24) is 10.3 Å². The zero-order valence-electron chi connectivity index (χ0n) is 10.8. The average molecular weight is 287 g/mol. The lowest BCUT2D eigenvalue weighted by Crippen LogP contribution is -2.32. The molecule has 0 aliphatic heterocycles. The van der Waals surface area contributed by atoms with Crippen LogP contribution in [0.15, 0.2) is 42.5 Å². The number of pyridine rings is 1. The number of amides is 1. The Morgan fingerprint density at radius 3 is 2.55 bits per heavy atom. The fourth-order valence-corrected chi connectivity index (χ4v) is 1.83. The molecular formula is C14H13N3O2S. The summed E-state index contributed by atoms with van der Waals surface area (Å²) in [5.41, 5.74) is 2.94. The van der Waals surface area contributed by atoms with Crippen LogP contribution in [0.2, 0.25) is 0 Å². The van der Waals surface area contributed by atoms with Crippen molar-refractivity contribution in [3.8, 4) is 11.3 Å². The maximum Gasteiger partial charge on any atom is 0.410 e. The highest BCUT2D eigenvalue weighted by molar-refractivity contribution is 7.80. The molecule has 0 fully saturated rings. The van der Waals surface area contributed by atoms with Crippen molar-refractivity contribution in [3.63, 3.8) is 0 Å². The highest BCUT2D eigenvalue weighted by Crippen LogP contribution is 2.19. The molecule has 0 spiro atoms. The second-order valence-electron chi connectivity index (χ2n) is 4.16. The summed E-state index contributed by atoms with van der Waals surface area (Å²) in [6.45, 7) is 2.02. The van der Waals surface area contributed by atoms with Gasteiger partial charge in [-0.3, -0.25) is 5.32 Å². The number of nitrogens with one attached hydrogen (secondary N) is 2. The van der Waals surface area contributed by atoms with Gasteiger partial charge in [0, 0.05) is 5.56 Å². The van der Waals surface area contributed by atoms with Gasteiger partial charge in [-0.2, -0.15) is 0 Å². The molecule has 0 saturated heterocycles. The first kappa shape index (κ1) is 14.0. The SMILES string of the molecule is Cc1ccc(-c2cccc(NC(=S)NC(=O)O)n2)cc1. The molecule has 3 N–H and O–H groups in total. The topological polar surface area (TPSA) is 74.2 Å². The molecule has 1 amide bonds. The maximum absolute atomic E-state index is 10.5. The van der Waals surface area contributed by atoms with Crippen LogP contribution in [0, 0.1) is 6.92 Å². The Balaban J connectivity index is 2.17. The normalized spacial score (nSPS) is 9.85. The van der Waals surface area contributed by atoms with E-state index in [0.29, 0.717) is 5.82 Å². The van der Waals surface area contributed by atoms with Crippen LogP contribution in [0.4, 0.5) is 10.6 Å². The summed E-state index contributed by atoms with van der Waals surface area (Å²) in [5, 5.41) is 13.3. The van der Waals surface area contributed by atoms with Crippen LogP contribution in [0.5, 0.6) is 0 Å². The van der Waals surface area contributed by atoms with Gasteiger partial charge < -0.3 is 10.4 Å². The number of nitrogens with zero attached hydrogens (tertiary/aromatic N) is 1. The summed E-state index contributed by atoms with van der Waals surface area (Å²) in [6.07, 6.45) is -1.21. The number of carboxylic acid groups (broad SMARTS) is 1. The Kier molecular flexibility index (Phi) is 4.27. The Hall–Kier alpha value is -2.47. The van der Waals surface area contributed by atoms with Crippen LogP contribution in [-0.2, 0) is 0 Å². The molecule has 0 unspecified atom stereocenters. The third-order valence-corrected chi connectivity index (χ3v) is 2.76. The van der Waals surface area contributed by atoms with Gasteiger partial charge in [0.25, 0.3) is 0 Å². The fourth-order valence-electron chi connectivity index (χ4n) is 1.63. The third kappa shape index (κ3) is 3.76. The van der Waals surface area contributed by atoms with E-state index in [1.54, 1.807) is 6.07 Å². The van der Waals surface area contributed by atoms with E-state index in [9.17, 15) is 4.79 Å². The van der Waals surface area contributed by atoms with E-state index in [1.165, 1.54) is 5.56 Å². The van der Waals surface area contributed by atoms with Gasteiger partial charge in [-0.1, -0.05) is 35.9 Å². The second kappa shape index (κ2) is 6.12. The van der Waals surface area contributed by atoms with Gasteiger partial charge in [-0.25, -0.2) is 9.78 Å². The van der Waals surface area contributed by atoms with Gasteiger partial charge in [0.05, 0.1) is 5.69 Å². The summed E-state index contributed by atoms with van der Waals surface area (Å²) in [5.74, 6) is 0.488. The van der Waals surface area contributed by atoms with E-state index in [4.69, 9.17) is 17.3 Å². The van der Waals surface area contributed by atoms with Crippen LogP contribution in [0.1, 0.15) is 5.56 Å². The quantitative estimate of drug-likeness (QED) is 0.740. The Morgan fingerprint density at radius 1 is 1.20 bits per heavy atom. The molecule has 6 heteroatoms. The van der Waals surface area contributed by atoms with Crippen molar-refractivity contribution in [2.75, 3.05) is 5.32 Å². The molecule has 0 bridgehead atoms. The lowest BCUT2D eigenvalue weighted by molar-refractivity contribution is 0.200. The smallest absolute Gasteiger partial charge is 0.410 e. The highest BCUT2D eigenvalue weighted by atomic mass is 32.1. The van der Waals surface area contributed by atoms with E-state index >= 15 is 0 Å². The zero-order chi connectivity index (χ0) is 14.5. The summed E-state index contributed by atoms with van der Waals surface area (Å²) in [4.78, 5) is 14.8. The number of aryl methyl sites for hydroxylation is 1. The van der Waals surface area contributed by atoms with Crippen molar-refractivity contribution in [3.05, 3.63) is 48.0 Å². The van der Waals surface area contributed by atoms with Gasteiger partial charge in [0.2, 0.25) is 0 Å². The molecule has 5 nitrogen and oxygen atoms in total. The van der Waals surface area contributed by atoms with Crippen LogP contribution in [0.3, 0.4) is 0 Å². The fraction of sp³-hybridized carbons (Fsp3) is 0.0714. The molecule has 20 heavy (non-hydrogen) atoms. The minimum absolute atomic E-state index is 0.00828. The number of benzene rings is 1. The number of hydrogen-bond donors (Lipinski definition) is 3. The number of carbonyl (C=O) groups is 1. The lowest BCUT2D eigenvalue weighted by Gasteiger charge is -2.08. The van der Waals surface area contributed by atoms with Crippen LogP contribution in [-0.4, -0.2) is 21.3 Å².